The van der Waals surface area contributed by atoms with Crippen molar-refractivity contribution in [2.24, 2.45) is 0 Å². The average molecular weight is 522 g/mol. The number of nitrogen functional groups attached to an aromatic ring is 1. The molecule has 0 spiro atoms. The molecule has 3 aromatic carbocycles. The molecule has 0 aliphatic heterocycles. The van der Waals surface area contributed by atoms with Crippen LogP contribution < -0.4 is 16.4 Å². The Kier molecular flexibility index (Phi) is 9.95. The van der Waals surface area contributed by atoms with Crippen molar-refractivity contribution in [2.45, 2.75) is 25.0 Å². The van der Waals surface area contributed by atoms with Gasteiger partial charge in [0.15, 0.2) is 17.7 Å². The third-order valence-electron chi connectivity index (χ3n) is 5.53. The molecule has 0 fully saturated rings. The van der Waals surface area contributed by atoms with Gasteiger partial charge in [-0.05, 0) is 60.9 Å². The Morgan fingerprint density at radius 2 is 1.76 bits per heavy atom. The summed E-state index contributed by atoms with van der Waals surface area (Å²) in [7, 11) is 1.39. The van der Waals surface area contributed by atoms with Crippen LogP contribution in [0.1, 0.15) is 34.9 Å². The normalized spacial score (nSPS) is 12.5. The monoisotopic (exact) mass is 521 g/mol. The Morgan fingerprint density at radius 1 is 1.05 bits per heavy atom. The number of methoxy groups -OCH3 is 1. The van der Waals surface area contributed by atoms with Gasteiger partial charge >= 0.3 is 6.09 Å². The molecule has 0 aromatic heterocycles. The fourth-order valence-corrected chi connectivity index (χ4v) is 3.59. The lowest BCUT2D eigenvalue weighted by atomic mass is 10.00. The molecule has 0 saturated carbocycles. The van der Waals surface area contributed by atoms with Crippen LogP contribution in [0.5, 0.6) is 5.75 Å². The van der Waals surface area contributed by atoms with Crippen LogP contribution in [0.25, 0.3) is 0 Å². The maximum Gasteiger partial charge on any atom is 0.414 e. The maximum atomic E-state index is 14.1. The van der Waals surface area contributed by atoms with E-state index in [0.717, 1.165) is 12.1 Å². The summed E-state index contributed by atoms with van der Waals surface area (Å²) in [5.74, 6) is -2.54. The number of halogens is 1. The van der Waals surface area contributed by atoms with Crippen molar-refractivity contribution in [1.29, 1.82) is 0 Å². The minimum Gasteiger partial charge on any atom is -0.505 e. The number of rotatable bonds is 10. The van der Waals surface area contributed by atoms with E-state index in [1.54, 1.807) is 48.5 Å². The summed E-state index contributed by atoms with van der Waals surface area (Å²) in [4.78, 5) is 37.1. The van der Waals surface area contributed by atoms with E-state index in [-0.39, 0.29) is 23.5 Å². The van der Waals surface area contributed by atoms with E-state index in [1.807, 2.05) is 0 Å². The number of carbonyl (C=O) groups is 3. The second kappa shape index (κ2) is 13.6. The number of imide groups is 1. The summed E-state index contributed by atoms with van der Waals surface area (Å²) in [6.45, 7) is 0. The van der Waals surface area contributed by atoms with Crippen molar-refractivity contribution in [3.63, 3.8) is 0 Å². The molecule has 0 heterocycles. The Bertz CT molecular complexity index is 1300. The lowest BCUT2D eigenvalue weighted by molar-refractivity contribution is -0.111. The second-order valence-electron chi connectivity index (χ2n) is 8.19. The minimum atomic E-state index is -1.13. The standard InChI is InChI=1S/C28H28FN3O6/c1-37-24(13-7-8-14-25(34)31-22-12-6-5-11-21(22)30)26(19-15-16-23(33)20(29)17-19)38-28(36)32-27(35)18-9-3-2-4-10-18/h2-6,8-12,14-17,24,26,33H,7,13,30H2,1H3,(H,31,34)(H,32,35,36)/b14-8+/t24-,26-/m1/s1. The van der Waals surface area contributed by atoms with Crippen molar-refractivity contribution in [2.75, 3.05) is 18.2 Å². The fraction of sp³-hybridized carbons (Fsp3) is 0.179. The number of phenolic OH excluding ortho intramolecular Hbond substituents is 1. The Morgan fingerprint density at radius 3 is 2.45 bits per heavy atom. The van der Waals surface area contributed by atoms with Crippen LogP contribution in [0.15, 0.2) is 84.9 Å². The number of anilines is 2. The zero-order chi connectivity index (χ0) is 27.5. The third-order valence-corrected chi connectivity index (χ3v) is 5.53. The number of benzene rings is 3. The maximum absolute atomic E-state index is 14.1. The zero-order valence-corrected chi connectivity index (χ0v) is 20.6. The number of nitrogens with one attached hydrogen (secondary N) is 2. The van der Waals surface area contributed by atoms with Crippen LogP contribution in [0, 0.1) is 5.82 Å². The number of hydrogen-bond donors (Lipinski definition) is 4. The smallest absolute Gasteiger partial charge is 0.414 e. The van der Waals surface area contributed by atoms with Gasteiger partial charge < -0.3 is 25.6 Å². The number of nitrogens with two attached hydrogens (primary N) is 1. The zero-order valence-electron chi connectivity index (χ0n) is 20.6. The molecule has 3 amide bonds. The Labute approximate surface area is 219 Å². The number of alkyl carbamates (subject to hydrolysis) is 1. The fourth-order valence-electron chi connectivity index (χ4n) is 3.59. The summed E-state index contributed by atoms with van der Waals surface area (Å²) < 4.78 is 25.1. The van der Waals surface area contributed by atoms with Gasteiger partial charge in [0.25, 0.3) is 5.91 Å². The number of aromatic hydroxyl groups is 1. The summed E-state index contributed by atoms with van der Waals surface area (Å²) in [5, 5.41) is 14.4. The van der Waals surface area contributed by atoms with Gasteiger partial charge in [0.2, 0.25) is 5.91 Å². The van der Waals surface area contributed by atoms with Gasteiger partial charge in [-0.3, -0.25) is 14.9 Å². The molecule has 9 nitrogen and oxygen atoms in total. The van der Waals surface area contributed by atoms with Crippen LogP contribution in [-0.2, 0) is 14.3 Å². The van der Waals surface area contributed by atoms with Crippen molar-refractivity contribution < 1.29 is 33.4 Å². The van der Waals surface area contributed by atoms with E-state index in [4.69, 9.17) is 15.2 Å². The molecule has 38 heavy (non-hydrogen) atoms. The van der Waals surface area contributed by atoms with Crippen molar-refractivity contribution in [1.82, 2.24) is 5.32 Å². The van der Waals surface area contributed by atoms with Crippen molar-refractivity contribution in [3.05, 3.63) is 102 Å². The third kappa shape index (κ3) is 7.90. The molecular formula is C28H28FN3O6. The molecule has 198 valence electrons. The number of para-hydroxylation sites is 2. The van der Waals surface area contributed by atoms with Crippen LogP contribution in [0.3, 0.4) is 0 Å². The van der Waals surface area contributed by atoms with Crippen LogP contribution in [-0.4, -0.2) is 36.2 Å². The predicted octanol–water partition coefficient (Wildman–Crippen LogP) is 4.71. The quantitative estimate of drug-likeness (QED) is 0.224. The first-order chi connectivity index (χ1) is 18.3. The van der Waals surface area contributed by atoms with E-state index < -0.39 is 35.8 Å². The molecule has 5 N–H and O–H groups in total. The SMILES string of the molecule is CO[C@H](CC/C=C/C(=O)Nc1ccccc1N)[C@H](OC(=O)NC(=O)c1ccccc1)c1ccc(O)c(F)c1. The second-order valence-corrected chi connectivity index (χ2v) is 8.19. The molecule has 0 radical (unpaired) electrons. The first-order valence-electron chi connectivity index (χ1n) is 11.7. The molecule has 0 unspecified atom stereocenters. The van der Waals surface area contributed by atoms with E-state index in [2.05, 4.69) is 10.6 Å². The number of hydrogen-bond acceptors (Lipinski definition) is 7. The van der Waals surface area contributed by atoms with Gasteiger partial charge in [0.1, 0.15) is 0 Å². The number of carbonyl (C=O) groups excluding carboxylic acids is 3. The molecule has 0 aliphatic carbocycles. The molecule has 3 rings (SSSR count). The first kappa shape index (κ1) is 27.9. The number of phenols is 1. The van der Waals surface area contributed by atoms with Crippen molar-refractivity contribution >= 4 is 29.3 Å². The number of ether oxygens (including phenoxy) is 2. The van der Waals surface area contributed by atoms with Crippen LogP contribution >= 0.6 is 0 Å². The minimum absolute atomic E-state index is 0.204. The summed E-state index contributed by atoms with van der Waals surface area (Å²) in [5.41, 5.74) is 7.19. The highest BCUT2D eigenvalue weighted by atomic mass is 19.1. The lowest BCUT2D eigenvalue weighted by Gasteiger charge is -2.26. The number of allylic oxidation sites excluding steroid dienone is 1. The van der Waals surface area contributed by atoms with Gasteiger partial charge in [-0.15, -0.1) is 0 Å². The highest BCUT2D eigenvalue weighted by Gasteiger charge is 2.28. The summed E-state index contributed by atoms with van der Waals surface area (Å²) in [6.07, 6.45) is 0.560. The molecule has 2 atom stereocenters. The molecular weight excluding hydrogens is 493 g/mol. The summed E-state index contributed by atoms with van der Waals surface area (Å²) in [6, 6.07) is 18.4. The highest BCUT2D eigenvalue weighted by molar-refractivity contribution is 6.03. The molecule has 0 aliphatic rings. The summed E-state index contributed by atoms with van der Waals surface area (Å²) >= 11 is 0. The van der Waals surface area contributed by atoms with E-state index >= 15 is 0 Å². The van der Waals surface area contributed by atoms with Gasteiger partial charge in [-0.2, -0.15) is 0 Å². The Balaban J connectivity index is 1.68. The first-order valence-corrected chi connectivity index (χ1v) is 11.7. The van der Waals surface area contributed by atoms with E-state index in [9.17, 15) is 23.9 Å². The largest absolute Gasteiger partial charge is 0.505 e. The molecule has 10 heteroatoms. The molecule has 0 bridgehead atoms. The van der Waals surface area contributed by atoms with Crippen molar-refractivity contribution in [3.8, 4) is 5.75 Å². The highest BCUT2D eigenvalue weighted by Crippen LogP contribution is 2.29. The van der Waals surface area contributed by atoms with Gasteiger partial charge in [-0.1, -0.05) is 42.5 Å². The van der Waals surface area contributed by atoms with Crippen LogP contribution in [0.4, 0.5) is 20.6 Å². The van der Waals surface area contributed by atoms with Gasteiger partial charge in [-0.25, -0.2) is 9.18 Å². The Hall–Kier alpha value is -4.70. The molecule has 0 saturated heterocycles. The van der Waals surface area contributed by atoms with E-state index in [1.165, 1.54) is 31.4 Å². The predicted molar refractivity (Wildman–Crippen MR) is 140 cm³/mol. The topological polar surface area (TPSA) is 140 Å². The number of amides is 3. The van der Waals surface area contributed by atoms with E-state index in [0.29, 0.717) is 17.8 Å². The van der Waals surface area contributed by atoms with Crippen LogP contribution in [0.2, 0.25) is 0 Å². The average Bonchev–Trinajstić information content (AvgIpc) is 2.91. The molecule has 3 aromatic rings. The van der Waals surface area contributed by atoms with Gasteiger partial charge in [0, 0.05) is 12.7 Å². The van der Waals surface area contributed by atoms with Gasteiger partial charge in [0.05, 0.1) is 17.5 Å². The lowest BCUT2D eigenvalue weighted by Crippen LogP contribution is -2.35.